The SMILES string of the molecule is CCCCCCCCC=CCC(N)=O. The Kier molecular flexibility index (Phi) is 9.71. The van der Waals surface area contributed by atoms with Crippen molar-refractivity contribution >= 4 is 5.91 Å². The first-order valence-electron chi connectivity index (χ1n) is 5.70. The van der Waals surface area contributed by atoms with Gasteiger partial charge in [-0.05, 0) is 12.8 Å². The molecule has 0 aromatic carbocycles. The van der Waals surface area contributed by atoms with Crippen LogP contribution in [0.1, 0.15) is 58.3 Å². The van der Waals surface area contributed by atoms with Gasteiger partial charge in [-0.25, -0.2) is 0 Å². The number of nitrogens with two attached hydrogens (primary N) is 1. The number of amides is 1. The van der Waals surface area contributed by atoms with Crippen LogP contribution in [-0.2, 0) is 4.79 Å². The van der Waals surface area contributed by atoms with Gasteiger partial charge in [-0.1, -0.05) is 51.2 Å². The third-order valence-corrected chi connectivity index (χ3v) is 2.21. The van der Waals surface area contributed by atoms with E-state index in [1.807, 2.05) is 6.08 Å². The molecule has 0 aliphatic rings. The molecule has 0 bridgehead atoms. The third-order valence-electron chi connectivity index (χ3n) is 2.21. The lowest BCUT2D eigenvalue weighted by atomic mass is 10.1. The molecule has 0 saturated carbocycles. The second-order valence-corrected chi connectivity index (χ2v) is 3.70. The summed E-state index contributed by atoms with van der Waals surface area (Å²) in [6, 6.07) is 0. The number of carbonyl (C=O) groups is 1. The van der Waals surface area contributed by atoms with Crippen LogP contribution in [0.3, 0.4) is 0 Å². The zero-order valence-corrected chi connectivity index (χ0v) is 9.30. The fourth-order valence-corrected chi connectivity index (χ4v) is 1.36. The van der Waals surface area contributed by atoms with Gasteiger partial charge in [0, 0.05) is 6.42 Å². The smallest absolute Gasteiger partial charge is 0.221 e. The molecule has 2 heteroatoms. The molecular weight excluding hydrogens is 174 g/mol. The van der Waals surface area contributed by atoms with Crippen LogP contribution >= 0.6 is 0 Å². The molecule has 0 aliphatic heterocycles. The van der Waals surface area contributed by atoms with Crippen LogP contribution in [0.4, 0.5) is 0 Å². The molecular formula is C12H23NO. The fraction of sp³-hybridized carbons (Fsp3) is 0.750. The number of unbranched alkanes of at least 4 members (excludes halogenated alkanes) is 6. The number of primary amides is 1. The molecule has 0 saturated heterocycles. The van der Waals surface area contributed by atoms with Gasteiger partial charge >= 0.3 is 0 Å². The van der Waals surface area contributed by atoms with Gasteiger partial charge in [-0.15, -0.1) is 0 Å². The largest absolute Gasteiger partial charge is 0.369 e. The van der Waals surface area contributed by atoms with Crippen molar-refractivity contribution in [3.8, 4) is 0 Å². The quantitative estimate of drug-likeness (QED) is 0.448. The predicted octanol–water partition coefficient (Wildman–Crippen LogP) is 3.17. The summed E-state index contributed by atoms with van der Waals surface area (Å²) in [5.41, 5.74) is 5.00. The maximum absolute atomic E-state index is 10.4. The van der Waals surface area contributed by atoms with Gasteiger partial charge in [0.15, 0.2) is 0 Å². The van der Waals surface area contributed by atoms with Crippen LogP contribution in [0, 0.1) is 0 Å². The number of allylic oxidation sites excluding steroid dienone is 1. The van der Waals surface area contributed by atoms with Crippen molar-refractivity contribution in [1.29, 1.82) is 0 Å². The Morgan fingerprint density at radius 1 is 1.07 bits per heavy atom. The summed E-state index contributed by atoms with van der Waals surface area (Å²) in [4.78, 5) is 10.4. The van der Waals surface area contributed by atoms with Crippen molar-refractivity contribution in [2.24, 2.45) is 5.73 Å². The molecule has 2 nitrogen and oxygen atoms in total. The minimum atomic E-state index is -0.246. The van der Waals surface area contributed by atoms with Gasteiger partial charge in [0.2, 0.25) is 5.91 Å². The number of hydrogen-bond donors (Lipinski definition) is 1. The summed E-state index contributed by atoms with van der Waals surface area (Å²) in [5.74, 6) is -0.246. The second kappa shape index (κ2) is 10.3. The van der Waals surface area contributed by atoms with Gasteiger partial charge in [0.1, 0.15) is 0 Å². The molecule has 0 atom stereocenters. The summed E-state index contributed by atoms with van der Waals surface area (Å²) < 4.78 is 0. The van der Waals surface area contributed by atoms with E-state index >= 15 is 0 Å². The van der Waals surface area contributed by atoms with Crippen LogP contribution in [-0.4, -0.2) is 5.91 Å². The highest BCUT2D eigenvalue weighted by molar-refractivity contribution is 5.75. The van der Waals surface area contributed by atoms with Crippen molar-refractivity contribution in [2.75, 3.05) is 0 Å². The average Bonchev–Trinajstić information content (AvgIpc) is 2.15. The lowest BCUT2D eigenvalue weighted by molar-refractivity contribution is -0.117. The third kappa shape index (κ3) is 11.2. The Labute approximate surface area is 87.6 Å². The first-order valence-corrected chi connectivity index (χ1v) is 5.70. The molecule has 1 amide bonds. The molecule has 2 N–H and O–H groups in total. The molecule has 0 unspecified atom stereocenters. The van der Waals surface area contributed by atoms with E-state index in [0.29, 0.717) is 6.42 Å². The maximum atomic E-state index is 10.4. The van der Waals surface area contributed by atoms with E-state index in [1.165, 1.54) is 38.5 Å². The van der Waals surface area contributed by atoms with E-state index in [9.17, 15) is 4.79 Å². The topological polar surface area (TPSA) is 43.1 Å². The van der Waals surface area contributed by atoms with Crippen molar-refractivity contribution < 1.29 is 4.79 Å². The lowest BCUT2D eigenvalue weighted by Crippen LogP contribution is -2.07. The summed E-state index contributed by atoms with van der Waals surface area (Å²) in [6.45, 7) is 2.23. The summed E-state index contributed by atoms with van der Waals surface area (Å²) in [5, 5.41) is 0. The average molecular weight is 197 g/mol. The Bertz CT molecular complexity index is 164. The Balaban J connectivity index is 3.05. The van der Waals surface area contributed by atoms with Gasteiger partial charge in [0.05, 0.1) is 0 Å². The highest BCUT2D eigenvalue weighted by Crippen LogP contribution is 2.07. The van der Waals surface area contributed by atoms with E-state index in [2.05, 4.69) is 13.0 Å². The lowest BCUT2D eigenvalue weighted by Gasteiger charge is -1.97. The van der Waals surface area contributed by atoms with E-state index in [0.717, 1.165) is 6.42 Å². The first-order chi connectivity index (χ1) is 6.77. The molecule has 0 spiro atoms. The van der Waals surface area contributed by atoms with Crippen molar-refractivity contribution in [3.05, 3.63) is 12.2 Å². The number of rotatable bonds is 9. The van der Waals surface area contributed by atoms with E-state index in [1.54, 1.807) is 0 Å². The maximum Gasteiger partial charge on any atom is 0.221 e. The highest BCUT2D eigenvalue weighted by Gasteiger charge is 1.89. The first kappa shape index (κ1) is 13.2. The Morgan fingerprint density at radius 2 is 1.71 bits per heavy atom. The highest BCUT2D eigenvalue weighted by atomic mass is 16.1. The molecule has 0 rings (SSSR count). The number of carbonyl (C=O) groups excluding carboxylic acids is 1. The predicted molar refractivity (Wildman–Crippen MR) is 60.9 cm³/mol. The van der Waals surface area contributed by atoms with Crippen LogP contribution in [0.25, 0.3) is 0 Å². The van der Waals surface area contributed by atoms with Gasteiger partial charge in [-0.2, -0.15) is 0 Å². The molecule has 0 aliphatic carbocycles. The molecule has 0 radical (unpaired) electrons. The minimum absolute atomic E-state index is 0.246. The number of hydrogen-bond acceptors (Lipinski definition) is 1. The second-order valence-electron chi connectivity index (χ2n) is 3.70. The van der Waals surface area contributed by atoms with Crippen molar-refractivity contribution in [1.82, 2.24) is 0 Å². The Hall–Kier alpha value is -0.790. The van der Waals surface area contributed by atoms with Crippen LogP contribution < -0.4 is 5.73 Å². The van der Waals surface area contributed by atoms with Crippen LogP contribution in [0.5, 0.6) is 0 Å². The molecule has 0 heterocycles. The van der Waals surface area contributed by atoms with Gasteiger partial charge in [0.25, 0.3) is 0 Å². The van der Waals surface area contributed by atoms with Crippen LogP contribution in [0.2, 0.25) is 0 Å². The van der Waals surface area contributed by atoms with E-state index in [4.69, 9.17) is 5.73 Å². The summed E-state index contributed by atoms with van der Waals surface area (Å²) >= 11 is 0. The zero-order chi connectivity index (χ0) is 10.6. The standard InChI is InChI=1S/C12H23NO/c1-2-3-4-5-6-7-8-9-10-11-12(13)14/h9-10H,2-8,11H2,1H3,(H2,13,14). The molecule has 14 heavy (non-hydrogen) atoms. The van der Waals surface area contributed by atoms with E-state index < -0.39 is 0 Å². The Morgan fingerprint density at radius 3 is 2.36 bits per heavy atom. The molecule has 0 aromatic heterocycles. The van der Waals surface area contributed by atoms with Crippen LogP contribution in [0.15, 0.2) is 12.2 Å². The summed E-state index contributed by atoms with van der Waals surface area (Å²) in [7, 11) is 0. The van der Waals surface area contributed by atoms with Gasteiger partial charge < -0.3 is 5.73 Å². The summed E-state index contributed by atoms with van der Waals surface area (Å²) in [6.07, 6.45) is 13.3. The van der Waals surface area contributed by atoms with Crippen molar-refractivity contribution in [2.45, 2.75) is 58.3 Å². The monoisotopic (exact) mass is 197 g/mol. The van der Waals surface area contributed by atoms with Gasteiger partial charge in [-0.3, -0.25) is 4.79 Å². The van der Waals surface area contributed by atoms with Crippen molar-refractivity contribution in [3.63, 3.8) is 0 Å². The molecule has 0 aromatic rings. The molecule has 0 fully saturated rings. The van der Waals surface area contributed by atoms with E-state index in [-0.39, 0.29) is 5.91 Å². The molecule has 82 valence electrons. The minimum Gasteiger partial charge on any atom is -0.369 e. The zero-order valence-electron chi connectivity index (χ0n) is 9.30. The fourth-order valence-electron chi connectivity index (χ4n) is 1.36. The normalized spacial score (nSPS) is 10.9.